The number of aryl methyl sites for hydroxylation is 1. The number of hydrogen-bond acceptors (Lipinski definition) is 4. The van der Waals surface area contributed by atoms with Crippen molar-refractivity contribution >= 4 is 10.0 Å². The predicted octanol–water partition coefficient (Wildman–Crippen LogP) is 1.59. The van der Waals surface area contributed by atoms with E-state index in [1.54, 1.807) is 10.9 Å². The van der Waals surface area contributed by atoms with Gasteiger partial charge < -0.3 is 0 Å². The van der Waals surface area contributed by atoms with Gasteiger partial charge in [-0.25, -0.2) is 21.9 Å². The SMILES string of the molecule is CCn1cc(CCNS(=O)(=O)CC2CCCCC2(F)F)nn1. The minimum atomic E-state index is -3.71. The zero-order valence-corrected chi connectivity index (χ0v) is 13.5. The van der Waals surface area contributed by atoms with Crippen LogP contribution in [0.3, 0.4) is 0 Å². The molecule has 1 aliphatic rings. The van der Waals surface area contributed by atoms with Gasteiger partial charge in [-0.3, -0.25) is 4.68 Å². The van der Waals surface area contributed by atoms with Crippen LogP contribution in [-0.4, -0.2) is 41.6 Å². The summed E-state index contributed by atoms with van der Waals surface area (Å²) in [7, 11) is -3.71. The fourth-order valence-electron chi connectivity index (χ4n) is 2.64. The molecular formula is C13H22F2N4O2S. The highest BCUT2D eigenvalue weighted by atomic mass is 32.2. The maximum Gasteiger partial charge on any atom is 0.251 e. The van der Waals surface area contributed by atoms with Crippen LogP contribution in [0.5, 0.6) is 0 Å². The van der Waals surface area contributed by atoms with Gasteiger partial charge in [0.15, 0.2) is 0 Å². The summed E-state index contributed by atoms with van der Waals surface area (Å²) in [5.41, 5.74) is 0.674. The van der Waals surface area contributed by atoms with E-state index < -0.39 is 27.6 Å². The van der Waals surface area contributed by atoms with Crippen molar-refractivity contribution in [3.05, 3.63) is 11.9 Å². The lowest BCUT2D eigenvalue weighted by Crippen LogP contribution is -2.40. The third-order valence-corrected chi connectivity index (χ3v) is 5.43. The van der Waals surface area contributed by atoms with E-state index >= 15 is 0 Å². The van der Waals surface area contributed by atoms with Crippen molar-refractivity contribution in [3.63, 3.8) is 0 Å². The largest absolute Gasteiger partial charge is 0.253 e. The van der Waals surface area contributed by atoms with Gasteiger partial charge in [0.05, 0.1) is 11.4 Å². The second kappa shape index (κ2) is 6.99. The fourth-order valence-corrected chi connectivity index (χ4v) is 4.11. The molecule has 1 aromatic rings. The smallest absolute Gasteiger partial charge is 0.251 e. The van der Waals surface area contributed by atoms with Crippen LogP contribution in [0.2, 0.25) is 0 Å². The molecule has 0 spiro atoms. The molecule has 1 aromatic heterocycles. The van der Waals surface area contributed by atoms with E-state index in [1.165, 1.54) is 0 Å². The Bertz CT molecular complexity index is 589. The second-order valence-corrected chi connectivity index (χ2v) is 7.55. The number of nitrogens with one attached hydrogen (secondary N) is 1. The van der Waals surface area contributed by atoms with Gasteiger partial charge in [0.25, 0.3) is 5.92 Å². The summed E-state index contributed by atoms with van der Waals surface area (Å²) in [4.78, 5) is 0. The summed E-state index contributed by atoms with van der Waals surface area (Å²) in [6.45, 7) is 2.75. The van der Waals surface area contributed by atoms with Crippen LogP contribution >= 0.6 is 0 Å². The van der Waals surface area contributed by atoms with Gasteiger partial charge in [-0.2, -0.15) is 0 Å². The number of nitrogens with zero attached hydrogens (tertiary/aromatic N) is 3. The first-order valence-corrected chi connectivity index (χ1v) is 9.22. The molecule has 1 saturated carbocycles. The molecule has 1 fully saturated rings. The zero-order chi connectivity index (χ0) is 16.2. The number of hydrogen-bond donors (Lipinski definition) is 1. The quantitative estimate of drug-likeness (QED) is 0.820. The number of aromatic nitrogens is 3. The minimum Gasteiger partial charge on any atom is -0.253 e. The molecule has 0 radical (unpaired) electrons. The molecule has 6 nitrogen and oxygen atoms in total. The van der Waals surface area contributed by atoms with Crippen molar-refractivity contribution in [2.24, 2.45) is 5.92 Å². The average molecular weight is 336 g/mol. The van der Waals surface area contributed by atoms with E-state index in [1.807, 2.05) is 6.92 Å². The van der Waals surface area contributed by atoms with Crippen molar-refractivity contribution in [1.82, 2.24) is 19.7 Å². The summed E-state index contributed by atoms with van der Waals surface area (Å²) in [6, 6.07) is 0. The molecule has 0 aromatic carbocycles. The zero-order valence-electron chi connectivity index (χ0n) is 12.6. The molecule has 0 amide bonds. The Balaban J connectivity index is 1.83. The summed E-state index contributed by atoms with van der Waals surface area (Å²) in [5, 5.41) is 7.76. The Morgan fingerprint density at radius 2 is 2.23 bits per heavy atom. The third kappa shape index (κ3) is 4.70. The molecule has 1 aliphatic carbocycles. The van der Waals surface area contributed by atoms with Crippen LogP contribution in [0.4, 0.5) is 8.78 Å². The third-order valence-electron chi connectivity index (χ3n) is 3.94. The van der Waals surface area contributed by atoms with E-state index in [-0.39, 0.29) is 19.4 Å². The highest BCUT2D eigenvalue weighted by Gasteiger charge is 2.43. The second-order valence-electron chi connectivity index (χ2n) is 5.70. The van der Waals surface area contributed by atoms with Crippen molar-refractivity contribution in [2.45, 2.75) is 51.5 Å². The van der Waals surface area contributed by atoms with Gasteiger partial charge in [0, 0.05) is 38.0 Å². The molecule has 1 N–H and O–H groups in total. The van der Waals surface area contributed by atoms with Crippen LogP contribution < -0.4 is 4.72 Å². The van der Waals surface area contributed by atoms with E-state index in [9.17, 15) is 17.2 Å². The summed E-state index contributed by atoms with van der Waals surface area (Å²) in [6.07, 6.45) is 3.30. The molecule has 0 aliphatic heterocycles. The van der Waals surface area contributed by atoms with Crippen molar-refractivity contribution in [1.29, 1.82) is 0 Å². The molecule has 0 saturated heterocycles. The molecule has 1 unspecified atom stereocenters. The van der Waals surface area contributed by atoms with Crippen molar-refractivity contribution in [3.8, 4) is 0 Å². The number of rotatable bonds is 7. The van der Waals surface area contributed by atoms with Crippen molar-refractivity contribution < 1.29 is 17.2 Å². The molecular weight excluding hydrogens is 314 g/mol. The minimum absolute atomic E-state index is 0.142. The van der Waals surface area contributed by atoms with Crippen LogP contribution in [0.25, 0.3) is 0 Å². The predicted molar refractivity (Wildman–Crippen MR) is 78.1 cm³/mol. The van der Waals surface area contributed by atoms with E-state index in [0.717, 1.165) is 0 Å². The van der Waals surface area contributed by atoms with E-state index in [2.05, 4.69) is 15.0 Å². The van der Waals surface area contributed by atoms with Crippen LogP contribution in [0.1, 0.15) is 38.3 Å². The lowest BCUT2D eigenvalue weighted by Gasteiger charge is -2.30. The first kappa shape index (κ1) is 17.3. The first-order valence-electron chi connectivity index (χ1n) is 7.56. The Labute approximate surface area is 129 Å². The van der Waals surface area contributed by atoms with Gasteiger partial charge >= 0.3 is 0 Å². The highest BCUT2D eigenvalue weighted by molar-refractivity contribution is 7.89. The maximum atomic E-state index is 13.7. The average Bonchev–Trinajstić information content (AvgIpc) is 2.89. The molecule has 22 heavy (non-hydrogen) atoms. The molecule has 2 rings (SSSR count). The van der Waals surface area contributed by atoms with Crippen LogP contribution in [0.15, 0.2) is 6.20 Å². The number of alkyl halides is 2. The topological polar surface area (TPSA) is 76.9 Å². The number of halogens is 2. The van der Waals surface area contributed by atoms with Crippen LogP contribution in [0, 0.1) is 5.92 Å². The maximum absolute atomic E-state index is 13.7. The lowest BCUT2D eigenvalue weighted by molar-refractivity contribution is -0.0771. The molecule has 9 heteroatoms. The van der Waals surface area contributed by atoms with E-state index in [4.69, 9.17) is 0 Å². The Morgan fingerprint density at radius 1 is 1.45 bits per heavy atom. The molecule has 1 heterocycles. The Kier molecular flexibility index (Phi) is 5.49. The van der Waals surface area contributed by atoms with Gasteiger partial charge in [-0.15, -0.1) is 5.10 Å². The standard InChI is InChI=1S/C13H22F2N4O2S/c1-2-19-9-12(17-18-19)6-8-16-22(20,21)10-11-5-3-4-7-13(11,14)15/h9,11,16H,2-8,10H2,1H3. The lowest BCUT2D eigenvalue weighted by atomic mass is 9.87. The van der Waals surface area contributed by atoms with Gasteiger partial charge in [-0.1, -0.05) is 11.6 Å². The van der Waals surface area contributed by atoms with Crippen molar-refractivity contribution in [2.75, 3.05) is 12.3 Å². The van der Waals surface area contributed by atoms with Gasteiger partial charge in [-0.05, 0) is 19.8 Å². The highest BCUT2D eigenvalue weighted by Crippen LogP contribution is 2.38. The molecule has 1 atom stereocenters. The molecule has 0 bridgehead atoms. The summed E-state index contributed by atoms with van der Waals surface area (Å²) in [5.74, 6) is -4.47. The summed E-state index contributed by atoms with van der Waals surface area (Å²) < 4.78 is 55.4. The normalized spacial score (nSPS) is 21.9. The molecule has 126 valence electrons. The van der Waals surface area contributed by atoms with Gasteiger partial charge in [0.1, 0.15) is 0 Å². The monoisotopic (exact) mass is 336 g/mol. The Hall–Kier alpha value is -1.09. The fraction of sp³-hybridized carbons (Fsp3) is 0.846. The van der Waals surface area contributed by atoms with E-state index in [0.29, 0.717) is 31.5 Å². The summed E-state index contributed by atoms with van der Waals surface area (Å²) >= 11 is 0. The van der Waals surface area contributed by atoms with Gasteiger partial charge in [0.2, 0.25) is 10.0 Å². The number of sulfonamides is 1. The Morgan fingerprint density at radius 3 is 2.86 bits per heavy atom. The van der Waals surface area contributed by atoms with Crippen LogP contribution in [-0.2, 0) is 23.0 Å². The first-order chi connectivity index (χ1) is 10.3.